The zero-order chi connectivity index (χ0) is 15.5. The molecule has 3 N–H and O–H groups in total. The number of benzene rings is 1. The fraction of sp³-hybridized carbons (Fsp3) is 0.375. The van der Waals surface area contributed by atoms with Gasteiger partial charge in [-0.3, -0.25) is 9.59 Å². The van der Waals surface area contributed by atoms with E-state index in [0.717, 1.165) is 0 Å². The SMILES string of the molecule is CC1(C(N)=O)CCN(C(=O)c2ccccc2C#CCO)C1. The van der Waals surface area contributed by atoms with Gasteiger partial charge >= 0.3 is 0 Å². The lowest BCUT2D eigenvalue weighted by molar-refractivity contribution is -0.126. The van der Waals surface area contributed by atoms with Crippen LogP contribution in [0.25, 0.3) is 0 Å². The summed E-state index contributed by atoms with van der Waals surface area (Å²) in [4.78, 5) is 25.7. The number of hydrogen-bond donors (Lipinski definition) is 2. The summed E-state index contributed by atoms with van der Waals surface area (Å²) in [5, 5.41) is 8.78. The van der Waals surface area contributed by atoms with Crippen molar-refractivity contribution in [3.05, 3.63) is 35.4 Å². The second-order valence-corrected chi connectivity index (χ2v) is 5.41. The van der Waals surface area contributed by atoms with Crippen LogP contribution in [0.2, 0.25) is 0 Å². The molecule has 5 nitrogen and oxygen atoms in total. The summed E-state index contributed by atoms with van der Waals surface area (Å²) in [6.07, 6.45) is 0.568. The number of nitrogens with zero attached hydrogens (tertiary/aromatic N) is 1. The van der Waals surface area contributed by atoms with E-state index in [1.165, 1.54) is 0 Å². The lowest BCUT2D eigenvalue weighted by Gasteiger charge is -2.21. The molecule has 0 spiro atoms. The quantitative estimate of drug-likeness (QED) is 0.770. The minimum atomic E-state index is -0.665. The largest absolute Gasteiger partial charge is 0.384 e. The van der Waals surface area contributed by atoms with Gasteiger partial charge in [-0.1, -0.05) is 24.0 Å². The topological polar surface area (TPSA) is 83.6 Å². The summed E-state index contributed by atoms with van der Waals surface area (Å²) < 4.78 is 0. The summed E-state index contributed by atoms with van der Waals surface area (Å²) in [6.45, 7) is 2.34. The molecule has 0 saturated carbocycles. The summed E-state index contributed by atoms with van der Waals surface area (Å²) >= 11 is 0. The van der Waals surface area contributed by atoms with Crippen molar-refractivity contribution in [2.24, 2.45) is 11.1 Å². The maximum Gasteiger partial charge on any atom is 0.255 e. The van der Waals surface area contributed by atoms with Crippen molar-refractivity contribution in [1.29, 1.82) is 0 Å². The molecule has 0 aromatic heterocycles. The molecular weight excluding hydrogens is 268 g/mol. The third-order valence-corrected chi connectivity index (χ3v) is 3.81. The molecule has 1 aromatic carbocycles. The second kappa shape index (κ2) is 5.98. The Morgan fingerprint density at radius 1 is 1.43 bits per heavy atom. The van der Waals surface area contributed by atoms with Gasteiger partial charge in [0.2, 0.25) is 5.91 Å². The van der Waals surface area contributed by atoms with E-state index in [0.29, 0.717) is 30.6 Å². The molecule has 0 aliphatic carbocycles. The summed E-state index contributed by atoms with van der Waals surface area (Å²) in [5.41, 5.74) is 5.79. The molecule has 2 amide bonds. The Hall–Kier alpha value is -2.32. The van der Waals surface area contributed by atoms with Crippen molar-refractivity contribution in [1.82, 2.24) is 4.90 Å². The van der Waals surface area contributed by atoms with Crippen LogP contribution in [0, 0.1) is 17.3 Å². The van der Waals surface area contributed by atoms with E-state index in [-0.39, 0.29) is 18.4 Å². The predicted molar refractivity (Wildman–Crippen MR) is 78.2 cm³/mol. The molecule has 5 heteroatoms. The standard InChI is InChI=1S/C16H18N2O3/c1-16(15(17)21)8-9-18(11-16)14(20)13-7-3-2-5-12(13)6-4-10-19/h2-3,5,7,19H,8-11H2,1H3,(H2,17,21). The second-order valence-electron chi connectivity index (χ2n) is 5.41. The van der Waals surface area contributed by atoms with E-state index in [4.69, 9.17) is 10.8 Å². The van der Waals surface area contributed by atoms with E-state index in [9.17, 15) is 9.59 Å². The molecule has 2 rings (SSSR count). The van der Waals surface area contributed by atoms with Crippen molar-refractivity contribution >= 4 is 11.8 Å². The highest BCUT2D eigenvalue weighted by Crippen LogP contribution is 2.30. The van der Waals surface area contributed by atoms with E-state index in [2.05, 4.69) is 11.8 Å². The number of rotatable bonds is 2. The van der Waals surface area contributed by atoms with E-state index in [1.807, 2.05) is 0 Å². The Labute approximate surface area is 123 Å². The first kappa shape index (κ1) is 15.1. The smallest absolute Gasteiger partial charge is 0.255 e. The average molecular weight is 286 g/mol. The maximum absolute atomic E-state index is 12.6. The van der Waals surface area contributed by atoms with Crippen molar-refractivity contribution < 1.29 is 14.7 Å². The normalized spacial score (nSPS) is 20.8. The Morgan fingerprint density at radius 3 is 2.76 bits per heavy atom. The van der Waals surface area contributed by atoms with Crippen molar-refractivity contribution in [3.8, 4) is 11.8 Å². The lowest BCUT2D eigenvalue weighted by atomic mass is 9.89. The fourth-order valence-electron chi connectivity index (χ4n) is 2.42. The Kier molecular flexibility index (Phi) is 4.29. The van der Waals surface area contributed by atoms with Crippen LogP contribution < -0.4 is 5.73 Å². The van der Waals surface area contributed by atoms with Crippen LogP contribution in [0.4, 0.5) is 0 Å². The zero-order valence-corrected chi connectivity index (χ0v) is 11.9. The third kappa shape index (κ3) is 3.06. The van der Waals surface area contributed by atoms with Crippen molar-refractivity contribution in [2.75, 3.05) is 19.7 Å². The minimum Gasteiger partial charge on any atom is -0.384 e. The molecule has 1 unspecified atom stereocenters. The molecule has 1 aliphatic heterocycles. The number of nitrogens with two attached hydrogens (primary N) is 1. The van der Waals surface area contributed by atoms with Gasteiger partial charge in [0, 0.05) is 18.7 Å². The van der Waals surface area contributed by atoms with Crippen molar-refractivity contribution in [2.45, 2.75) is 13.3 Å². The maximum atomic E-state index is 12.6. The predicted octanol–water partition coefficient (Wildman–Crippen LogP) is 0.368. The van der Waals surface area contributed by atoms with Crippen LogP contribution in [-0.4, -0.2) is 41.5 Å². The van der Waals surface area contributed by atoms with Gasteiger partial charge in [-0.25, -0.2) is 0 Å². The van der Waals surface area contributed by atoms with Gasteiger partial charge in [0.15, 0.2) is 0 Å². The fourth-order valence-corrected chi connectivity index (χ4v) is 2.42. The number of carbonyl (C=O) groups excluding carboxylic acids is 2. The molecule has 1 atom stereocenters. The van der Waals surface area contributed by atoms with Crippen LogP contribution in [0.5, 0.6) is 0 Å². The minimum absolute atomic E-state index is 0.164. The average Bonchev–Trinajstić information content (AvgIpc) is 2.89. The molecule has 1 aromatic rings. The van der Waals surface area contributed by atoms with E-state index in [1.54, 1.807) is 36.1 Å². The molecule has 1 saturated heterocycles. The van der Waals surface area contributed by atoms with Gasteiger partial charge in [-0.05, 0) is 25.5 Å². The molecule has 21 heavy (non-hydrogen) atoms. The summed E-state index contributed by atoms with van der Waals surface area (Å²) in [6, 6.07) is 6.99. The molecule has 1 heterocycles. The molecular formula is C16H18N2O3. The van der Waals surface area contributed by atoms with Gasteiger partial charge < -0.3 is 15.7 Å². The van der Waals surface area contributed by atoms with E-state index < -0.39 is 5.41 Å². The number of hydrogen-bond acceptors (Lipinski definition) is 3. The Morgan fingerprint density at radius 2 is 2.14 bits per heavy atom. The number of carbonyl (C=O) groups is 2. The highest BCUT2D eigenvalue weighted by atomic mass is 16.2. The summed E-state index contributed by atoms with van der Waals surface area (Å²) in [5.74, 6) is 4.77. The van der Waals surface area contributed by atoms with Crippen molar-refractivity contribution in [3.63, 3.8) is 0 Å². The van der Waals surface area contributed by atoms with Gasteiger partial charge in [0.1, 0.15) is 6.61 Å². The molecule has 0 bridgehead atoms. The third-order valence-electron chi connectivity index (χ3n) is 3.81. The Balaban J connectivity index is 2.24. The van der Waals surface area contributed by atoms with Gasteiger partial charge in [-0.2, -0.15) is 0 Å². The zero-order valence-electron chi connectivity index (χ0n) is 11.9. The first-order valence-electron chi connectivity index (χ1n) is 6.76. The first-order chi connectivity index (χ1) is 9.98. The molecule has 1 aliphatic rings. The lowest BCUT2D eigenvalue weighted by Crippen LogP contribution is -2.38. The number of likely N-dealkylation sites (tertiary alicyclic amines) is 1. The van der Waals surface area contributed by atoms with Crippen LogP contribution >= 0.6 is 0 Å². The monoisotopic (exact) mass is 286 g/mol. The molecule has 1 fully saturated rings. The number of aliphatic hydroxyl groups is 1. The van der Waals surface area contributed by atoms with E-state index >= 15 is 0 Å². The summed E-state index contributed by atoms with van der Waals surface area (Å²) in [7, 11) is 0. The van der Waals surface area contributed by atoms with Gasteiger partial charge in [0.05, 0.1) is 11.0 Å². The van der Waals surface area contributed by atoms with Crippen LogP contribution in [-0.2, 0) is 4.79 Å². The van der Waals surface area contributed by atoms with Crippen LogP contribution in [0.1, 0.15) is 29.3 Å². The number of aliphatic hydroxyl groups excluding tert-OH is 1. The van der Waals surface area contributed by atoms with Gasteiger partial charge in [-0.15, -0.1) is 0 Å². The van der Waals surface area contributed by atoms with Crippen LogP contribution in [0.3, 0.4) is 0 Å². The highest BCUT2D eigenvalue weighted by molar-refractivity contribution is 5.97. The molecule has 110 valence electrons. The Bertz CT molecular complexity index is 630. The van der Waals surface area contributed by atoms with Crippen LogP contribution in [0.15, 0.2) is 24.3 Å². The first-order valence-corrected chi connectivity index (χ1v) is 6.76. The molecule has 0 radical (unpaired) electrons. The number of amides is 2. The highest BCUT2D eigenvalue weighted by Gasteiger charge is 2.41. The number of primary amides is 1. The van der Waals surface area contributed by atoms with Gasteiger partial charge in [0.25, 0.3) is 5.91 Å².